The Morgan fingerprint density at radius 2 is 2.04 bits per heavy atom. The van der Waals surface area contributed by atoms with E-state index in [4.69, 9.17) is 0 Å². The van der Waals surface area contributed by atoms with Crippen molar-refractivity contribution in [2.24, 2.45) is 0 Å². The summed E-state index contributed by atoms with van der Waals surface area (Å²) in [5.41, 5.74) is 2.31. The lowest BCUT2D eigenvalue weighted by atomic mass is 9.98. The third-order valence-electron chi connectivity index (χ3n) is 4.21. The van der Waals surface area contributed by atoms with Gasteiger partial charge in [-0.15, -0.1) is 12.4 Å². The topological polar surface area (TPSA) is 41.1 Å². The van der Waals surface area contributed by atoms with Gasteiger partial charge in [0.05, 0.1) is 11.6 Å². The van der Waals surface area contributed by atoms with Crippen molar-refractivity contribution < 1.29 is 13.6 Å². The normalized spacial score (nSPS) is 14.3. The summed E-state index contributed by atoms with van der Waals surface area (Å²) < 4.78 is 27.8. The molecule has 24 heavy (non-hydrogen) atoms. The predicted molar refractivity (Wildman–Crippen MR) is 92.5 cm³/mol. The number of carbonyl (C=O) groups is 1. The molecule has 0 spiro atoms. The van der Waals surface area contributed by atoms with Crippen LogP contribution in [0.5, 0.6) is 0 Å². The van der Waals surface area contributed by atoms with Crippen LogP contribution in [0.1, 0.15) is 29.5 Å². The molecule has 1 unspecified atom stereocenters. The Balaban J connectivity index is 0.00000208. The summed E-state index contributed by atoms with van der Waals surface area (Å²) in [6.07, 6.45) is 0.602. The number of hydrogen-bond donors (Lipinski definition) is 2. The van der Waals surface area contributed by atoms with Gasteiger partial charge in [-0.25, -0.2) is 8.78 Å². The van der Waals surface area contributed by atoms with Crippen LogP contribution in [0.3, 0.4) is 0 Å². The fourth-order valence-electron chi connectivity index (χ4n) is 2.80. The van der Waals surface area contributed by atoms with E-state index in [1.807, 2.05) is 6.07 Å². The number of amides is 1. The monoisotopic (exact) mass is 352 g/mol. The van der Waals surface area contributed by atoms with Crippen LogP contribution in [-0.4, -0.2) is 12.5 Å². The standard InChI is InChI=1S/C18H18F2N2O.ClH/c1-11(12-3-2-4-14(19)9-12)18(23)22-16-6-5-13-10-21-8-7-15(13)17(16)20;/h2-6,9,11,21H,7-8,10H2,1H3,(H,22,23);1H. The van der Waals surface area contributed by atoms with Gasteiger partial charge in [0.25, 0.3) is 0 Å². The second-order valence-electron chi connectivity index (χ2n) is 5.76. The van der Waals surface area contributed by atoms with E-state index in [-0.39, 0.29) is 29.8 Å². The Morgan fingerprint density at radius 1 is 1.25 bits per heavy atom. The minimum absolute atomic E-state index is 0. The lowest BCUT2D eigenvalue weighted by Gasteiger charge is -2.20. The van der Waals surface area contributed by atoms with Gasteiger partial charge in [0.2, 0.25) is 5.91 Å². The minimum atomic E-state index is -0.567. The van der Waals surface area contributed by atoms with Crippen molar-refractivity contribution in [3.05, 3.63) is 64.7 Å². The molecule has 2 N–H and O–H groups in total. The summed E-state index contributed by atoms with van der Waals surface area (Å²) >= 11 is 0. The molecule has 2 aromatic carbocycles. The highest BCUT2D eigenvalue weighted by atomic mass is 35.5. The molecule has 1 atom stereocenters. The van der Waals surface area contributed by atoms with Gasteiger partial charge in [0, 0.05) is 6.54 Å². The van der Waals surface area contributed by atoms with Crippen LogP contribution in [0.4, 0.5) is 14.5 Å². The van der Waals surface area contributed by atoms with Crippen molar-refractivity contribution in [2.75, 3.05) is 11.9 Å². The lowest BCUT2D eigenvalue weighted by Crippen LogP contribution is -2.26. The average Bonchev–Trinajstić information content (AvgIpc) is 2.57. The van der Waals surface area contributed by atoms with Crippen molar-refractivity contribution in [1.29, 1.82) is 0 Å². The van der Waals surface area contributed by atoms with E-state index in [2.05, 4.69) is 10.6 Å². The maximum atomic E-state index is 14.5. The molecule has 1 aliphatic rings. The van der Waals surface area contributed by atoms with E-state index >= 15 is 0 Å². The zero-order valence-corrected chi connectivity index (χ0v) is 14.1. The highest BCUT2D eigenvalue weighted by Crippen LogP contribution is 2.26. The molecule has 1 amide bonds. The fourth-order valence-corrected chi connectivity index (χ4v) is 2.80. The molecule has 3 nitrogen and oxygen atoms in total. The number of nitrogens with one attached hydrogen (secondary N) is 2. The van der Waals surface area contributed by atoms with Gasteiger partial charge in [-0.3, -0.25) is 4.79 Å². The number of hydrogen-bond acceptors (Lipinski definition) is 2. The first-order valence-electron chi connectivity index (χ1n) is 7.63. The Kier molecular flexibility index (Phi) is 5.91. The van der Waals surface area contributed by atoms with Crippen molar-refractivity contribution in [1.82, 2.24) is 5.32 Å². The summed E-state index contributed by atoms with van der Waals surface area (Å²) in [5.74, 6) is -1.69. The van der Waals surface area contributed by atoms with E-state index in [0.29, 0.717) is 24.1 Å². The number of anilines is 1. The van der Waals surface area contributed by atoms with Crippen LogP contribution in [0.15, 0.2) is 36.4 Å². The molecular weight excluding hydrogens is 334 g/mol. The zero-order valence-electron chi connectivity index (χ0n) is 13.2. The summed E-state index contributed by atoms with van der Waals surface area (Å²) in [5, 5.41) is 5.81. The first-order valence-corrected chi connectivity index (χ1v) is 7.63. The van der Waals surface area contributed by atoms with Gasteiger partial charge < -0.3 is 10.6 Å². The van der Waals surface area contributed by atoms with Gasteiger partial charge in [0.15, 0.2) is 0 Å². The van der Waals surface area contributed by atoms with Gasteiger partial charge in [0.1, 0.15) is 11.6 Å². The van der Waals surface area contributed by atoms with Crippen LogP contribution in [-0.2, 0) is 17.8 Å². The number of carbonyl (C=O) groups excluding carboxylic acids is 1. The van der Waals surface area contributed by atoms with Crippen molar-refractivity contribution in [3.8, 4) is 0 Å². The Bertz CT molecular complexity index is 752. The second-order valence-corrected chi connectivity index (χ2v) is 5.76. The molecular formula is C18H19ClF2N2O. The van der Waals surface area contributed by atoms with Crippen molar-refractivity contribution in [3.63, 3.8) is 0 Å². The van der Waals surface area contributed by atoms with E-state index < -0.39 is 11.7 Å². The molecule has 3 rings (SSSR count). The number of fused-ring (bicyclic) bond motifs is 1. The molecule has 0 fully saturated rings. The van der Waals surface area contributed by atoms with Crippen LogP contribution < -0.4 is 10.6 Å². The van der Waals surface area contributed by atoms with Gasteiger partial charge in [-0.05, 0) is 54.8 Å². The fraction of sp³-hybridized carbons (Fsp3) is 0.278. The van der Waals surface area contributed by atoms with Crippen LogP contribution in [0, 0.1) is 11.6 Å². The van der Waals surface area contributed by atoms with Crippen molar-refractivity contribution >= 4 is 24.0 Å². The Morgan fingerprint density at radius 3 is 2.79 bits per heavy atom. The third-order valence-corrected chi connectivity index (χ3v) is 4.21. The second kappa shape index (κ2) is 7.73. The number of benzene rings is 2. The lowest BCUT2D eigenvalue weighted by molar-refractivity contribution is -0.117. The Labute approximate surface area is 145 Å². The number of halogens is 3. The third kappa shape index (κ3) is 3.74. The predicted octanol–water partition coefficient (Wildman–Crippen LogP) is 3.77. The quantitative estimate of drug-likeness (QED) is 0.882. The van der Waals surface area contributed by atoms with Crippen molar-refractivity contribution in [2.45, 2.75) is 25.8 Å². The molecule has 0 aliphatic carbocycles. The summed E-state index contributed by atoms with van der Waals surface area (Å²) in [7, 11) is 0. The van der Waals surface area contributed by atoms with E-state index in [9.17, 15) is 13.6 Å². The SMILES string of the molecule is CC(C(=O)Nc1ccc2c(c1F)CCNC2)c1cccc(F)c1.Cl. The van der Waals surface area contributed by atoms with E-state index in [1.54, 1.807) is 25.1 Å². The molecule has 0 saturated carbocycles. The highest BCUT2D eigenvalue weighted by Gasteiger charge is 2.20. The van der Waals surface area contributed by atoms with Crippen LogP contribution >= 0.6 is 12.4 Å². The van der Waals surface area contributed by atoms with Gasteiger partial charge in [-0.1, -0.05) is 18.2 Å². The Hall–Kier alpha value is -1.98. The average molecular weight is 353 g/mol. The van der Waals surface area contributed by atoms with E-state index in [1.165, 1.54) is 12.1 Å². The molecule has 1 heterocycles. The molecule has 6 heteroatoms. The zero-order chi connectivity index (χ0) is 16.4. The maximum Gasteiger partial charge on any atom is 0.231 e. The maximum absolute atomic E-state index is 14.5. The van der Waals surface area contributed by atoms with Crippen LogP contribution in [0.2, 0.25) is 0 Å². The minimum Gasteiger partial charge on any atom is -0.323 e. The molecule has 0 radical (unpaired) electrons. The number of rotatable bonds is 3. The largest absolute Gasteiger partial charge is 0.323 e. The molecule has 1 aliphatic heterocycles. The molecule has 2 aromatic rings. The molecule has 128 valence electrons. The molecule has 0 bridgehead atoms. The van der Waals surface area contributed by atoms with Gasteiger partial charge in [-0.2, -0.15) is 0 Å². The summed E-state index contributed by atoms with van der Waals surface area (Å²) in [4.78, 5) is 12.3. The van der Waals surface area contributed by atoms with Crippen LogP contribution in [0.25, 0.3) is 0 Å². The van der Waals surface area contributed by atoms with E-state index in [0.717, 1.165) is 12.1 Å². The summed E-state index contributed by atoms with van der Waals surface area (Å²) in [6, 6.07) is 9.29. The first kappa shape index (κ1) is 18.4. The molecule has 0 aromatic heterocycles. The summed E-state index contributed by atoms with van der Waals surface area (Å²) in [6.45, 7) is 3.03. The van der Waals surface area contributed by atoms with Gasteiger partial charge >= 0.3 is 0 Å². The first-order chi connectivity index (χ1) is 11.1. The molecule has 0 saturated heterocycles. The highest BCUT2D eigenvalue weighted by molar-refractivity contribution is 5.95. The smallest absolute Gasteiger partial charge is 0.231 e.